The number of carbonyl (C=O) groups is 10. The number of benzene rings is 2. The summed E-state index contributed by atoms with van der Waals surface area (Å²) in [7, 11) is 1.29. The van der Waals surface area contributed by atoms with Gasteiger partial charge in [-0.2, -0.15) is 0 Å². The van der Waals surface area contributed by atoms with Crippen LogP contribution in [-0.4, -0.2) is 147 Å². The number of esters is 9. The highest BCUT2D eigenvalue weighted by atomic mass is 16.8. The summed E-state index contributed by atoms with van der Waals surface area (Å²) in [6.07, 6.45) is -18.6. The van der Waals surface area contributed by atoms with E-state index in [1.165, 1.54) is 43.5 Å². The summed E-state index contributed by atoms with van der Waals surface area (Å²) in [6, 6.07) is 8.17. The highest BCUT2D eigenvalue weighted by molar-refractivity contribution is 6.06. The average Bonchev–Trinajstić information content (AvgIpc) is 3.26. The monoisotopic (exact) mass is 1000 g/mol. The van der Waals surface area contributed by atoms with Gasteiger partial charge in [0, 0.05) is 74.4 Å². The van der Waals surface area contributed by atoms with Crippen molar-refractivity contribution in [1.29, 1.82) is 0 Å². The Morgan fingerprint density at radius 3 is 1.30 bits per heavy atom. The van der Waals surface area contributed by atoms with E-state index in [9.17, 15) is 47.9 Å². The average molecular weight is 1000 g/mol. The number of fused-ring (bicyclic) bond motifs is 1. The van der Waals surface area contributed by atoms with E-state index in [0.29, 0.717) is 0 Å². The Balaban J connectivity index is 1.53. The standard InChI is InChI=1S/C46H52O25/c1-19(47)58-17-33-38(60-21(3)49)41(63-24(6)52)43(65-26(8)54)45(70-33)67-29-13-11-28(12-14-29)37-40(62-23(5)51)36(56)35-31(68-37)15-30(57-10)16-32(35)69-46-44(66-27(9)55)42(64-25(7)53)39(61-22(4)50)34(71-46)18-59-20(2)48/h11-16,33-34,37-46H,17-18H2,1-10H3/t33-,34-,37-,38-,39-,40+,41+,42+,43-,44-,45-,46-/m1/s1. The molecule has 12 atom stereocenters. The molecule has 0 unspecified atom stereocenters. The normalized spacial score (nSPS) is 26.5. The molecule has 0 aliphatic carbocycles. The van der Waals surface area contributed by atoms with Crippen molar-refractivity contribution < 1.29 is 119 Å². The van der Waals surface area contributed by atoms with Gasteiger partial charge in [0.15, 0.2) is 30.5 Å². The van der Waals surface area contributed by atoms with Gasteiger partial charge in [-0.05, 0) is 17.7 Å². The number of carbonyl (C=O) groups excluding carboxylic acids is 10. The van der Waals surface area contributed by atoms with Crippen molar-refractivity contribution in [3.05, 3.63) is 47.5 Å². The van der Waals surface area contributed by atoms with Crippen LogP contribution in [0.1, 0.15) is 84.3 Å². The summed E-state index contributed by atoms with van der Waals surface area (Å²) in [5, 5.41) is 0. The van der Waals surface area contributed by atoms with Crippen LogP contribution >= 0.6 is 0 Å². The van der Waals surface area contributed by atoms with Gasteiger partial charge in [-0.15, -0.1) is 0 Å². The second-order valence-electron chi connectivity index (χ2n) is 15.9. The van der Waals surface area contributed by atoms with E-state index in [2.05, 4.69) is 0 Å². The first-order chi connectivity index (χ1) is 33.4. The Bertz CT molecular complexity index is 2360. The molecule has 3 aliphatic heterocycles. The van der Waals surface area contributed by atoms with Gasteiger partial charge in [-0.3, -0.25) is 47.9 Å². The molecule has 2 aromatic carbocycles. The molecular weight excluding hydrogens is 952 g/mol. The molecule has 3 aliphatic rings. The minimum Gasteiger partial charge on any atom is -0.496 e. The molecule has 0 radical (unpaired) electrons. The third-order valence-corrected chi connectivity index (χ3v) is 10.2. The number of rotatable bonds is 17. The lowest BCUT2D eigenvalue weighted by molar-refractivity contribution is -0.288. The zero-order chi connectivity index (χ0) is 52.4. The van der Waals surface area contributed by atoms with Crippen LogP contribution in [0.3, 0.4) is 0 Å². The summed E-state index contributed by atoms with van der Waals surface area (Å²) >= 11 is 0. The third kappa shape index (κ3) is 14.3. The highest BCUT2D eigenvalue weighted by Gasteiger charge is 2.55. The van der Waals surface area contributed by atoms with Crippen LogP contribution in [0.25, 0.3) is 0 Å². The predicted molar refractivity (Wildman–Crippen MR) is 228 cm³/mol. The van der Waals surface area contributed by atoms with Crippen molar-refractivity contribution >= 4 is 59.5 Å². The Morgan fingerprint density at radius 2 is 0.887 bits per heavy atom. The van der Waals surface area contributed by atoms with E-state index in [0.717, 1.165) is 62.3 Å². The molecule has 0 aromatic heterocycles. The van der Waals surface area contributed by atoms with E-state index in [-0.39, 0.29) is 34.1 Å². The number of ketones is 1. The first kappa shape index (κ1) is 54.4. The molecule has 0 saturated carbocycles. The van der Waals surface area contributed by atoms with E-state index in [1.807, 2.05) is 0 Å². The van der Waals surface area contributed by atoms with Crippen molar-refractivity contribution in [2.24, 2.45) is 0 Å². The lowest BCUT2D eigenvalue weighted by atomic mass is 9.92. The maximum absolute atomic E-state index is 14.7. The second kappa shape index (κ2) is 23.9. The van der Waals surface area contributed by atoms with Gasteiger partial charge >= 0.3 is 53.7 Å². The molecule has 386 valence electrons. The minimum absolute atomic E-state index is 0.0170. The zero-order valence-corrected chi connectivity index (χ0v) is 40.0. The maximum atomic E-state index is 14.7. The van der Waals surface area contributed by atoms with Gasteiger partial charge < -0.3 is 71.1 Å². The predicted octanol–water partition coefficient (Wildman–Crippen LogP) is 1.87. The fourth-order valence-electron chi connectivity index (χ4n) is 7.69. The smallest absolute Gasteiger partial charge is 0.303 e. The quantitative estimate of drug-likeness (QED) is 0.161. The SMILES string of the molecule is COc1cc(O[C@@H]2O[C@H](COC(C)=O)[C@@H](OC(C)=O)[C@H](OC(C)=O)[C@H]2OC(C)=O)c2c(c1)O[C@H](c1ccc(O[C@@H]3O[C@H](COC(C)=O)[C@@H](OC(C)=O)[C@H](OC(C)=O)[C@H]3OC(C)=O)cc1)[C@@H](OC(C)=O)C2=O. The van der Waals surface area contributed by atoms with Crippen molar-refractivity contribution in [2.75, 3.05) is 20.3 Å². The van der Waals surface area contributed by atoms with Crippen molar-refractivity contribution in [3.8, 4) is 23.0 Å². The lowest BCUT2D eigenvalue weighted by Gasteiger charge is -2.44. The first-order valence-electron chi connectivity index (χ1n) is 21.6. The molecule has 5 rings (SSSR count). The van der Waals surface area contributed by atoms with Gasteiger partial charge in [0.25, 0.3) is 0 Å². The summed E-state index contributed by atoms with van der Waals surface area (Å²) in [4.78, 5) is 125. The van der Waals surface area contributed by atoms with Crippen LogP contribution in [0.5, 0.6) is 23.0 Å². The van der Waals surface area contributed by atoms with E-state index >= 15 is 0 Å². The Kier molecular flexibility index (Phi) is 18.3. The molecule has 0 spiro atoms. The molecule has 2 saturated heterocycles. The number of hydrogen-bond acceptors (Lipinski definition) is 25. The van der Waals surface area contributed by atoms with Gasteiger partial charge in [0.05, 0.1) is 7.11 Å². The lowest BCUT2D eigenvalue weighted by Crippen LogP contribution is -2.63. The summed E-state index contributed by atoms with van der Waals surface area (Å²) < 4.78 is 85.0. The molecule has 0 N–H and O–H groups in total. The van der Waals surface area contributed by atoms with Gasteiger partial charge in [0.2, 0.25) is 36.7 Å². The molecule has 0 amide bonds. The topological polar surface area (TPSA) is 309 Å². The summed E-state index contributed by atoms with van der Waals surface area (Å²) in [6.45, 7) is 8.47. The van der Waals surface area contributed by atoms with Crippen LogP contribution in [0.4, 0.5) is 0 Å². The third-order valence-electron chi connectivity index (χ3n) is 10.2. The number of methoxy groups -OCH3 is 1. The fourth-order valence-corrected chi connectivity index (χ4v) is 7.69. The molecular formula is C46H52O25. The molecule has 3 heterocycles. The minimum atomic E-state index is -1.81. The van der Waals surface area contributed by atoms with Crippen LogP contribution in [-0.2, 0) is 95.3 Å². The first-order valence-corrected chi connectivity index (χ1v) is 21.6. The number of Topliss-reactive ketones (excluding diaryl/α,β-unsaturated/α-hetero) is 1. The van der Waals surface area contributed by atoms with E-state index < -0.39 is 146 Å². The van der Waals surface area contributed by atoms with Crippen LogP contribution in [0.15, 0.2) is 36.4 Å². The molecule has 2 aromatic rings. The number of hydrogen-bond donors (Lipinski definition) is 0. The van der Waals surface area contributed by atoms with Crippen molar-refractivity contribution in [1.82, 2.24) is 0 Å². The second-order valence-corrected chi connectivity index (χ2v) is 15.9. The van der Waals surface area contributed by atoms with E-state index in [4.69, 9.17) is 71.1 Å². The molecule has 71 heavy (non-hydrogen) atoms. The van der Waals surface area contributed by atoms with Crippen LogP contribution < -0.4 is 18.9 Å². The van der Waals surface area contributed by atoms with Crippen LogP contribution in [0, 0.1) is 0 Å². The van der Waals surface area contributed by atoms with Crippen molar-refractivity contribution in [2.45, 2.75) is 136 Å². The number of ether oxygens (including phenoxy) is 15. The largest absolute Gasteiger partial charge is 0.496 e. The molecule has 0 bridgehead atoms. The van der Waals surface area contributed by atoms with Crippen molar-refractivity contribution in [3.63, 3.8) is 0 Å². The molecule has 25 nitrogen and oxygen atoms in total. The zero-order valence-electron chi connectivity index (χ0n) is 40.0. The fraction of sp³-hybridized carbons (Fsp3) is 0.522. The van der Waals surface area contributed by atoms with Crippen LogP contribution in [0.2, 0.25) is 0 Å². The Labute approximate surface area is 404 Å². The summed E-state index contributed by atoms with van der Waals surface area (Å²) in [5.74, 6) is -9.01. The Morgan fingerprint density at radius 1 is 0.479 bits per heavy atom. The highest BCUT2D eigenvalue weighted by Crippen LogP contribution is 2.45. The van der Waals surface area contributed by atoms with E-state index in [1.54, 1.807) is 0 Å². The maximum Gasteiger partial charge on any atom is 0.303 e. The summed E-state index contributed by atoms with van der Waals surface area (Å²) in [5.41, 5.74) is -0.112. The van der Waals surface area contributed by atoms with Gasteiger partial charge in [-0.25, -0.2) is 0 Å². The molecule has 2 fully saturated rings. The van der Waals surface area contributed by atoms with Gasteiger partial charge in [-0.1, -0.05) is 12.1 Å². The van der Waals surface area contributed by atoms with Gasteiger partial charge in [0.1, 0.15) is 54.0 Å². The molecule has 25 heteroatoms. The Hall–Kier alpha value is -7.54.